The number of fused-ring (bicyclic) bond motifs is 1. The van der Waals surface area contributed by atoms with Gasteiger partial charge >= 0.3 is 0 Å². The van der Waals surface area contributed by atoms with Gasteiger partial charge in [0, 0.05) is 11.9 Å². The molecule has 0 amide bonds. The van der Waals surface area contributed by atoms with Gasteiger partial charge in [-0.2, -0.15) is 0 Å². The molecule has 0 unspecified atom stereocenters. The highest BCUT2D eigenvalue weighted by Gasteiger charge is 2.50. The molecular weight excluding hydrogens is 260 g/mol. The van der Waals surface area contributed by atoms with E-state index in [0.29, 0.717) is 12.5 Å². The zero-order chi connectivity index (χ0) is 14.3. The minimum atomic E-state index is -0.928. The van der Waals surface area contributed by atoms with Crippen molar-refractivity contribution in [3.63, 3.8) is 0 Å². The van der Waals surface area contributed by atoms with Crippen LogP contribution in [0.5, 0.6) is 0 Å². The average molecular weight is 288 g/mol. The van der Waals surface area contributed by atoms with E-state index < -0.39 is 5.60 Å². The quantitative estimate of drug-likeness (QED) is 0.866. The first-order chi connectivity index (χ1) is 8.76. The molecule has 1 heterocycles. The van der Waals surface area contributed by atoms with Gasteiger partial charge in [0.05, 0.1) is 12.7 Å². The first-order valence-corrected chi connectivity index (χ1v) is 8.19. The molecule has 112 valence electrons. The Kier molecular flexibility index (Phi) is 4.56. The lowest BCUT2D eigenvalue weighted by molar-refractivity contribution is -0.143. The van der Waals surface area contributed by atoms with Crippen LogP contribution in [0.4, 0.5) is 0 Å². The van der Waals surface area contributed by atoms with Crippen LogP contribution in [-0.4, -0.2) is 40.7 Å². The van der Waals surface area contributed by atoms with Crippen molar-refractivity contribution in [3.05, 3.63) is 0 Å². The SMILES string of the molecule is COC[C@@](C)(O)[C@@H]1O[C@@H]2C[C@H](C)CC[C@H]2C(C)(C)S1. The minimum Gasteiger partial charge on any atom is -0.384 e. The third-order valence-electron chi connectivity index (χ3n) is 4.60. The van der Waals surface area contributed by atoms with Crippen LogP contribution in [0.2, 0.25) is 0 Å². The second kappa shape index (κ2) is 5.55. The fraction of sp³-hybridized carbons (Fsp3) is 1.00. The van der Waals surface area contributed by atoms with E-state index in [1.165, 1.54) is 12.8 Å². The van der Waals surface area contributed by atoms with Crippen molar-refractivity contribution in [1.82, 2.24) is 0 Å². The van der Waals surface area contributed by atoms with E-state index >= 15 is 0 Å². The number of rotatable bonds is 3. The predicted octanol–water partition coefficient (Wildman–Crippen LogP) is 3.06. The maximum atomic E-state index is 10.6. The molecule has 4 heteroatoms. The molecule has 0 radical (unpaired) electrons. The van der Waals surface area contributed by atoms with Gasteiger partial charge in [-0.15, -0.1) is 11.8 Å². The van der Waals surface area contributed by atoms with Crippen LogP contribution in [0.15, 0.2) is 0 Å². The predicted molar refractivity (Wildman–Crippen MR) is 79.3 cm³/mol. The monoisotopic (exact) mass is 288 g/mol. The summed E-state index contributed by atoms with van der Waals surface area (Å²) >= 11 is 1.77. The lowest BCUT2D eigenvalue weighted by Crippen LogP contribution is -2.55. The number of methoxy groups -OCH3 is 1. The Labute approximate surface area is 121 Å². The van der Waals surface area contributed by atoms with Crippen molar-refractivity contribution in [2.45, 2.75) is 68.8 Å². The summed E-state index contributed by atoms with van der Waals surface area (Å²) in [7, 11) is 1.62. The van der Waals surface area contributed by atoms with Crippen LogP contribution in [-0.2, 0) is 9.47 Å². The zero-order valence-corrected chi connectivity index (χ0v) is 13.6. The molecule has 19 heavy (non-hydrogen) atoms. The first kappa shape index (κ1) is 15.6. The smallest absolute Gasteiger partial charge is 0.134 e. The van der Waals surface area contributed by atoms with Crippen molar-refractivity contribution < 1.29 is 14.6 Å². The van der Waals surface area contributed by atoms with Crippen LogP contribution in [0.1, 0.15) is 47.0 Å². The second-order valence-electron chi connectivity index (χ2n) is 7.04. The average Bonchev–Trinajstić information content (AvgIpc) is 2.26. The highest BCUT2D eigenvalue weighted by molar-refractivity contribution is 8.01. The first-order valence-electron chi connectivity index (χ1n) is 7.31. The fourth-order valence-corrected chi connectivity index (χ4v) is 4.97. The molecular formula is C15H28O3S. The molecule has 1 N–H and O–H groups in total. The van der Waals surface area contributed by atoms with Crippen LogP contribution < -0.4 is 0 Å². The van der Waals surface area contributed by atoms with Crippen molar-refractivity contribution in [2.24, 2.45) is 11.8 Å². The molecule has 1 aliphatic heterocycles. The largest absolute Gasteiger partial charge is 0.384 e. The maximum Gasteiger partial charge on any atom is 0.134 e. The topological polar surface area (TPSA) is 38.7 Å². The maximum absolute atomic E-state index is 10.6. The van der Waals surface area contributed by atoms with Crippen molar-refractivity contribution in [3.8, 4) is 0 Å². The third-order valence-corrected chi connectivity index (χ3v) is 6.34. The summed E-state index contributed by atoms with van der Waals surface area (Å²) < 4.78 is 11.5. The van der Waals surface area contributed by atoms with Gasteiger partial charge in [-0.1, -0.05) is 27.2 Å². The number of aliphatic hydroxyl groups is 1. The van der Waals surface area contributed by atoms with Gasteiger partial charge in [-0.25, -0.2) is 0 Å². The number of ether oxygens (including phenoxy) is 2. The van der Waals surface area contributed by atoms with Gasteiger partial charge in [0.25, 0.3) is 0 Å². The summed E-state index contributed by atoms with van der Waals surface area (Å²) in [6, 6.07) is 0. The Balaban J connectivity index is 2.14. The molecule has 0 bridgehead atoms. The third kappa shape index (κ3) is 3.29. The molecule has 0 aromatic carbocycles. The van der Waals surface area contributed by atoms with Gasteiger partial charge < -0.3 is 14.6 Å². The molecule has 0 aromatic heterocycles. The fourth-order valence-electron chi connectivity index (χ4n) is 3.46. The van der Waals surface area contributed by atoms with E-state index in [1.807, 2.05) is 6.92 Å². The second-order valence-corrected chi connectivity index (χ2v) is 8.76. The zero-order valence-electron chi connectivity index (χ0n) is 12.8. The van der Waals surface area contributed by atoms with Crippen LogP contribution in [0, 0.1) is 11.8 Å². The van der Waals surface area contributed by atoms with Crippen molar-refractivity contribution in [2.75, 3.05) is 13.7 Å². The van der Waals surface area contributed by atoms with Crippen LogP contribution >= 0.6 is 11.8 Å². The molecule has 1 aliphatic carbocycles. The Morgan fingerprint density at radius 2 is 2.11 bits per heavy atom. The van der Waals surface area contributed by atoms with Crippen LogP contribution in [0.3, 0.4) is 0 Å². The number of hydrogen-bond donors (Lipinski definition) is 1. The number of hydrogen-bond acceptors (Lipinski definition) is 4. The highest BCUT2D eigenvalue weighted by Crippen LogP contribution is 2.52. The lowest BCUT2D eigenvalue weighted by atomic mass is 9.74. The number of thioether (sulfide) groups is 1. The normalized spacial score (nSPS) is 41.4. The Bertz CT molecular complexity index is 317. The van der Waals surface area contributed by atoms with E-state index in [4.69, 9.17) is 9.47 Å². The molecule has 1 saturated heterocycles. The summed E-state index contributed by atoms with van der Waals surface area (Å²) in [5.74, 6) is 1.33. The van der Waals surface area contributed by atoms with Gasteiger partial charge in [-0.3, -0.25) is 0 Å². The molecule has 5 atom stereocenters. The van der Waals surface area contributed by atoms with E-state index in [1.54, 1.807) is 18.9 Å². The Morgan fingerprint density at radius 1 is 1.42 bits per heavy atom. The van der Waals surface area contributed by atoms with E-state index in [2.05, 4.69) is 20.8 Å². The summed E-state index contributed by atoms with van der Waals surface area (Å²) in [5.41, 5.74) is -1.13. The van der Waals surface area contributed by atoms with E-state index in [-0.39, 0.29) is 16.3 Å². The standard InChI is InChI=1S/C15H28O3S/c1-10-6-7-11-12(8-10)18-13(19-14(11,2)3)15(4,16)9-17-5/h10-13,16H,6-9H2,1-5H3/t10-,11-,12-,13-,15-/m1/s1. The molecule has 2 rings (SSSR count). The molecule has 1 saturated carbocycles. The molecule has 3 nitrogen and oxygen atoms in total. The van der Waals surface area contributed by atoms with E-state index in [0.717, 1.165) is 12.3 Å². The molecule has 2 fully saturated rings. The van der Waals surface area contributed by atoms with E-state index in [9.17, 15) is 5.11 Å². The summed E-state index contributed by atoms with van der Waals surface area (Å²) in [5, 5.41) is 10.6. The van der Waals surface area contributed by atoms with Gasteiger partial charge in [0.15, 0.2) is 0 Å². The minimum absolute atomic E-state index is 0.158. The summed E-state index contributed by atoms with van der Waals surface area (Å²) in [4.78, 5) is 0. The molecule has 0 aromatic rings. The van der Waals surface area contributed by atoms with Gasteiger partial charge in [0.1, 0.15) is 11.0 Å². The summed E-state index contributed by atoms with van der Waals surface area (Å²) in [6.07, 6.45) is 3.95. The summed E-state index contributed by atoms with van der Waals surface area (Å²) in [6.45, 7) is 9.02. The highest BCUT2D eigenvalue weighted by atomic mass is 32.2. The van der Waals surface area contributed by atoms with Crippen LogP contribution in [0.25, 0.3) is 0 Å². The lowest BCUT2D eigenvalue weighted by Gasteiger charge is -2.52. The van der Waals surface area contributed by atoms with Gasteiger partial charge in [0.2, 0.25) is 0 Å². The van der Waals surface area contributed by atoms with Gasteiger partial charge in [-0.05, 0) is 31.6 Å². The molecule has 2 aliphatic rings. The molecule has 0 spiro atoms. The van der Waals surface area contributed by atoms with Crippen molar-refractivity contribution >= 4 is 11.8 Å². The Hall–Kier alpha value is 0.230. The van der Waals surface area contributed by atoms with Crippen molar-refractivity contribution in [1.29, 1.82) is 0 Å². The Morgan fingerprint density at radius 3 is 2.74 bits per heavy atom.